The third kappa shape index (κ3) is 6.08. The third-order valence-corrected chi connectivity index (χ3v) is 3.41. The highest BCUT2D eigenvalue weighted by Gasteiger charge is 2.23. The number of aliphatic carboxylic acids is 1. The molecule has 0 spiro atoms. The van der Waals surface area contributed by atoms with Gasteiger partial charge in [0, 0.05) is 6.54 Å². The van der Waals surface area contributed by atoms with E-state index in [2.05, 4.69) is 22.9 Å². The largest absolute Gasteiger partial charge is 0.480 e. The van der Waals surface area contributed by atoms with E-state index in [4.69, 9.17) is 5.11 Å². The molecule has 2 atom stereocenters. The Balaban J connectivity index is 2.10. The summed E-state index contributed by atoms with van der Waals surface area (Å²) in [7, 11) is 0. The molecule has 0 aliphatic heterocycles. The van der Waals surface area contributed by atoms with E-state index in [1.807, 2.05) is 0 Å². The molecule has 7 nitrogen and oxygen atoms in total. The van der Waals surface area contributed by atoms with Gasteiger partial charge in [-0.05, 0) is 18.3 Å². The van der Waals surface area contributed by atoms with Crippen molar-refractivity contribution in [2.45, 2.75) is 26.2 Å². The highest BCUT2D eigenvalue weighted by Crippen LogP contribution is 2.30. The van der Waals surface area contributed by atoms with Crippen molar-refractivity contribution < 1.29 is 19.5 Å². The van der Waals surface area contributed by atoms with Gasteiger partial charge >= 0.3 is 12.0 Å². The van der Waals surface area contributed by atoms with Gasteiger partial charge in [-0.3, -0.25) is 9.59 Å². The lowest BCUT2D eigenvalue weighted by atomic mass is 9.98. The molecular formula is C12H21N3O4. The fraction of sp³-hybridized carbons (Fsp3) is 0.750. The molecule has 2 unspecified atom stereocenters. The van der Waals surface area contributed by atoms with Crippen LogP contribution in [-0.2, 0) is 9.59 Å². The first-order valence-corrected chi connectivity index (χ1v) is 6.49. The molecule has 1 rings (SSSR count). The lowest BCUT2D eigenvalue weighted by Gasteiger charge is -2.16. The first-order chi connectivity index (χ1) is 8.99. The maximum absolute atomic E-state index is 11.4. The van der Waals surface area contributed by atoms with Gasteiger partial charge in [0.2, 0.25) is 5.91 Å². The molecule has 3 amide bonds. The summed E-state index contributed by atoms with van der Waals surface area (Å²) in [6.45, 7) is 2.13. The van der Waals surface area contributed by atoms with Crippen molar-refractivity contribution in [2.24, 2.45) is 11.8 Å². The van der Waals surface area contributed by atoms with Crippen molar-refractivity contribution in [3.05, 3.63) is 0 Å². The quantitative estimate of drug-likeness (QED) is 0.542. The van der Waals surface area contributed by atoms with Crippen LogP contribution in [0.25, 0.3) is 0 Å². The van der Waals surface area contributed by atoms with Crippen LogP contribution in [-0.4, -0.2) is 42.6 Å². The molecule has 0 heterocycles. The molecule has 19 heavy (non-hydrogen) atoms. The Morgan fingerprint density at radius 3 is 2.42 bits per heavy atom. The van der Waals surface area contributed by atoms with Gasteiger partial charge in [-0.25, -0.2) is 4.79 Å². The molecule has 0 aromatic heterocycles. The molecule has 0 saturated heterocycles. The minimum Gasteiger partial charge on any atom is -0.480 e. The van der Waals surface area contributed by atoms with Crippen LogP contribution in [0.5, 0.6) is 0 Å². The van der Waals surface area contributed by atoms with E-state index in [1.165, 1.54) is 12.8 Å². The number of carboxylic acids is 1. The highest BCUT2D eigenvalue weighted by molar-refractivity contribution is 5.86. The van der Waals surface area contributed by atoms with Crippen molar-refractivity contribution in [2.75, 3.05) is 19.6 Å². The van der Waals surface area contributed by atoms with Crippen molar-refractivity contribution >= 4 is 17.9 Å². The standard InChI is InChI=1S/C12H21N3O4/c1-8-3-2-4-9(8)5-14-12(19)15-6-10(16)13-7-11(17)18/h8-9H,2-7H2,1H3,(H,13,16)(H,17,18)(H2,14,15,19). The second-order valence-corrected chi connectivity index (χ2v) is 4.90. The maximum Gasteiger partial charge on any atom is 0.322 e. The number of hydrogen-bond donors (Lipinski definition) is 4. The molecule has 0 aromatic carbocycles. The zero-order chi connectivity index (χ0) is 14.3. The number of nitrogens with one attached hydrogen (secondary N) is 3. The molecule has 1 aliphatic rings. The second-order valence-electron chi connectivity index (χ2n) is 4.90. The zero-order valence-electron chi connectivity index (χ0n) is 11.1. The Bertz CT molecular complexity index is 346. The van der Waals surface area contributed by atoms with E-state index in [0.717, 1.165) is 6.42 Å². The fourth-order valence-electron chi connectivity index (χ4n) is 2.21. The minimum absolute atomic E-state index is 0.223. The Hall–Kier alpha value is -1.79. The fourth-order valence-corrected chi connectivity index (χ4v) is 2.21. The summed E-state index contributed by atoms with van der Waals surface area (Å²) in [5.74, 6) is -0.509. The van der Waals surface area contributed by atoms with Crippen molar-refractivity contribution in [3.63, 3.8) is 0 Å². The second kappa shape index (κ2) is 7.60. The Morgan fingerprint density at radius 1 is 1.11 bits per heavy atom. The van der Waals surface area contributed by atoms with Gasteiger partial charge in [-0.15, -0.1) is 0 Å². The summed E-state index contributed by atoms with van der Waals surface area (Å²) in [5, 5.41) is 15.6. The molecule has 108 valence electrons. The van der Waals surface area contributed by atoms with Crippen LogP contribution in [0.2, 0.25) is 0 Å². The van der Waals surface area contributed by atoms with Gasteiger partial charge in [0.05, 0.1) is 6.54 Å². The first kappa shape index (κ1) is 15.3. The predicted molar refractivity (Wildman–Crippen MR) is 68.6 cm³/mol. The Morgan fingerprint density at radius 2 is 1.84 bits per heavy atom. The average Bonchev–Trinajstić information content (AvgIpc) is 2.77. The summed E-state index contributed by atoms with van der Waals surface area (Å²) in [6, 6.07) is -0.399. The number of carbonyl (C=O) groups is 3. The van der Waals surface area contributed by atoms with Crippen LogP contribution >= 0.6 is 0 Å². The van der Waals surface area contributed by atoms with Crippen LogP contribution in [0.1, 0.15) is 26.2 Å². The molecule has 7 heteroatoms. The lowest BCUT2D eigenvalue weighted by Crippen LogP contribution is -2.44. The smallest absolute Gasteiger partial charge is 0.322 e. The van der Waals surface area contributed by atoms with Crippen LogP contribution in [0.3, 0.4) is 0 Å². The van der Waals surface area contributed by atoms with E-state index in [-0.39, 0.29) is 6.54 Å². The number of urea groups is 1. The summed E-state index contributed by atoms with van der Waals surface area (Å²) in [6.07, 6.45) is 3.53. The molecule has 0 aromatic rings. The van der Waals surface area contributed by atoms with Crippen LogP contribution in [0.4, 0.5) is 4.79 Å². The van der Waals surface area contributed by atoms with E-state index in [1.54, 1.807) is 0 Å². The highest BCUT2D eigenvalue weighted by atomic mass is 16.4. The topological polar surface area (TPSA) is 108 Å². The number of carbonyl (C=O) groups excluding carboxylic acids is 2. The molecular weight excluding hydrogens is 250 g/mol. The summed E-state index contributed by atoms with van der Waals surface area (Å²) < 4.78 is 0. The number of rotatable bonds is 6. The zero-order valence-corrected chi connectivity index (χ0v) is 11.1. The Kier molecular flexibility index (Phi) is 6.11. The molecule has 0 radical (unpaired) electrons. The van der Waals surface area contributed by atoms with Crippen LogP contribution in [0.15, 0.2) is 0 Å². The van der Waals surface area contributed by atoms with Gasteiger partial charge in [0.15, 0.2) is 0 Å². The van der Waals surface area contributed by atoms with E-state index in [0.29, 0.717) is 18.4 Å². The lowest BCUT2D eigenvalue weighted by molar-refractivity contribution is -0.137. The number of hydrogen-bond acceptors (Lipinski definition) is 3. The molecule has 1 aliphatic carbocycles. The summed E-state index contributed by atoms with van der Waals surface area (Å²) in [5.41, 5.74) is 0. The van der Waals surface area contributed by atoms with Gasteiger partial charge in [-0.1, -0.05) is 19.8 Å². The summed E-state index contributed by atoms with van der Waals surface area (Å²) >= 11 is 0. The molecule has 4 N–H and O–H groups in total. The first-order valence-electron chi connectivity index (χ1n) is 6.49. The Labute approximate surface area is 112 Å². The number of carboxylic acid groups (broad SMARTS) is 1. The monoisotopic (exact) mass is 271 g/mol. The SMILES string of the molecule is CC1CCCC1CNC(=O)NCC(=O)NCC(=O)O. The molecule has 1 saturated carbocycles. The van der Waals surface area contributed by atoms with Gasteiger partial charge in [-0.2, -0.15) is 0 Å². The average molecular weight is 271 g/mol. The van der Waals surface area contributed by atoms with E-state index < -0.39 is 24.5 Å². The molecule has 0 bridgehead atoms. The van der Waals surface area contributed by atoms with Gasteiger partial charge in [0.25, 0.3) is 0 Å². The van der Waals surface area contributed by atoms with E-state index >= 15 is 0 Å². The molecule has 1 fully saturated rings. The van der Waals surface area contributed by atoms with Crippen LogP contribution < -0.4 is 16.0 Å². The van der Waals surface area contributed by atoms with Gasteiger partial charge in [0.1, 0.15) is 6.54 Å². The summed E-state index contributed by atoms with van der Waals surface area (Å²) in [4.78, 5) is 32.8. The normalized spacial score (nSPS) is 21.7. The van der Waals surface area contributed by atoms with Gasteiger partial charge < -0.3 is 21.1 Å². The maximum atomic E-state index is 11.4. The predicted octanol–water partition coefficient (Wildman–Crippen LogP) is -0.0774. The minimum atomic E-state index is -1.12. The van der Waals surface area contributed by atoms with Crippen LogP contribution in [0, 0.1) is 11.8 Å². The van der Waals surface area contributed by atoms with E-state index in [9.17, 15) is 14.4 Å². The third-order valence-electron chi connectivity index (χ3n) is 3.41. The van der Waals surface area contributed by atoms with Crippen molar-refractivity contribution in [1.82, 2.24) is 16.0 Å². The van der Waals surface area contributed by atoms with Crippen molar-refractivity contribution in [1.29, 1.82) is 0 Å². The number of amides is 3. The van der Waals surface area contributed by atoms with Crippen molar-refractivity contribution in [3.8, 4) is 0 Å².